The SMILES string of the molecule is O=[N+]([O-])c1cn2c(n1)OC[C@@H](OCc1ccc(-c3ccc(CO)cc3)cc1)C2. The van der Waals surface area contributed by atoms with Gasteiger partial charge in [-0.25, -0.2) is 0 Å². The van der Waals surface area contributed by atoms with Crippen LogP contribution in [0.1, 0.15) is 11.1 Å². The largest absolute Gasteiger partial charge is 0.443 e. The fourth-order valence-corrected chi connectivity index (χ4v) is 3.07. The highest BCUT2D eigenvalue weighted by atomic mass is 16.6. The lowest BCUT2D eigenvalue weighted by atomic mass is 10.0. The van der Waals surface area contributed by atoms with Crippen molar-refractivity contribution in [3.8, 4) is 17.1 Å². The molecule has 0 bridgehead atoms. The smallest absolute Gasteiger partial charge is 0.414 e. The van der Waals surface area contributed by atoms with Gasteiger partial charge >= 0.3 is 11.8 Å². The molecule has 8 heteroatoms. The van der Waals surface area contributed by atoms with Crippen LogP contribution >= 0.6 is 0 Å². The molecule has 0 unspecified atom stereocenters. The fourth-order valence-electron chi connectivity index (χ4n) is 3.07. The number of aliphatic hydroxyl groups excluding tert-OH is 1. The summed E-state index contributed by atoms with van der Waals surface area (Å²) >= 11 is 0. The van der Waals surface area contributed by atoms with Crippen LogP contribution < -0.4 is 4.74 Å². The summed E-state index contributed by atoms with van der Waals surface area (Å²) in [7, 11) is 0. The Hall–Kier alpha value is -3.23. The number of hydrogen-bond donors (Lipinski definition) is 1. The number of benzene rings is 2. The maximum atomic E-state index is 10.8. The summed E-state index contributed by atoms with van der Waals surface area (Å²) in [6.45, 7) is 1.23. The van der Waals surface area contributed by atoms with Gasteiger partial charge in [0.05, 0.1) is 19.8 Å². The summed E-state index contributed by atoms with van der Waals surface area (Å²) in [6, 6.07) is 16.1. The van der Waals surface area contributed by atoms with Crippen molar-refractivity contribution < 1.29 is 19.5 Å². The van der Waals surface area contributed by atoms with Gasteiger partial charge in [-0.3, -0.25) is 4.57 Å². The van der Waals surface area contributed by atoms with Crippen molar-refractivity contribution in [2.75, 3.05) is 6.61 Å². The number of imidazole rings is 1. The molecule has 1 N–H and O–H groups in total. The van der Waals surface area contributed by atoms with E-state index in [9.17, 15) is 10.1 Å². The lowest BCUT2D eigenvalue weighted by Crippen LogP contribution is -2.32. The first-order valence-electron chi connectivity index (χ1n) is 8.87. The van der Waals surface area contributed by atoms with Crippen LogP contribution in [-0.4, -0.2) is 32.3 Å². The van der Waals surface area contributed by atoms with E-state index in [0.717, 1.165) is 22.3 Å². The second-order valence-corrected chi connectivity index (χ2v) is 6.59. The number of fused-ring (bicyclic) bond motifs is 1. The van der Waals surface area contributed by atoms with E-state index in [1.807, 2.05) is 48.5 Å². The predicted molar refractivity (Wildman–Crippen MR) is 101 cm³/mol. The zero-order valence-corrected chi connectivity index (χ0v) is 15.0. The van der Waals surface area contributed by atoms with Gasteiger partial charge in [-0.2, -0.15) is 0 Å². The van der Waals surface area contributed by atoms with Gasteiger partial charge in [0.25, 0.3) is 0 Å². The number of ether oxygens (including phenoxy) is 2. The van der Waals surface area contributed by atoms with Crippen LogP contribution in [0.4, 0.5) is 5.82 Å². The van der Waals surface area contributed by atoms with Gasteiger partial charge in [-0.05, 0) is 27.2 Å². The minimum atomic E-state index is -0.538. The van der Waals surface area contributed by atoms with Gasteiger partial charge in [0.15, 0.2) is 0 Å². The Morgan fingerprint density at radius 1 is 1.14 bits per heavy atom. The van der Waals surface area contributed by atoms with Gasteiger partial charge in [0.1, 0.15) is 18.9 Å². The number of nitrogens with zero attached hydrogens (tertiary/aromatic N) is 3. The summed E-state index contributed by atoms with van der Waals surface area (Å²) in [5.74, 6) is -0.224. The molecule has 0 saturated heterocycles. The third-order valence-electron chi connectivity index (χ3n) is 4.62. The molecule has 0 spiro atoms. The Morgan fingerprint density at radius 2 is 1.79 bits per heavy atom. The van der Waals surface area contributed by atoms with Gasteiger partial charge in [0.2, 0.25) is 0 Å². The highest BCUT2D eigenvalue weighted by Crippen LogP contribution is 2.24. The molecule has 0 aliphatic carbocycles. The second-order valence-electron chi connectivity index (χ2n) is 6.59. The lowest BCUT2D eigenvalue weighted by molar-refractivity contribution is -0.389. The Balaban J connectivity index is 1.35. The molecule has 28 heavy (non-hydrogen) atoms. The molecule has 0 fully saturated rings. The minimum absolute atomic E-state index is 0.0371. The zero-order valence-electron chi connectivity index (χ0n) is 15.0. The molecule has 1 aromatic heterocycles. The van der Waals surface area contributed by atoms with E-state index in [1.54, 1.807) is 4.57 Å². The van der Waals surface area contributed by atoms with Gasteiger partial charge in [-0.1, -0.05) is 48.5 Å². The van der Waals surface area contributed by atoms with Crippen LogP contribution in [0.3, 0.4) is 0 Å². The number of nitro groups is 1. The maximum absolute atomic E-state index is 10.8. The first kappa shape index (κ1) is 18.1. The van der Waals surface area contributed by atoms with Crippen LogP contribution in [0.25, 0.3) is 11.1 Å². The summed E-state index contributed by atoms with van der Waals surface area (Å²) < 4.78 is 13.0. The Kier molecular flexibility index (Phi) is 5.05. The van der Waals surface area contributed by atoms with Crippen LogP contribution in [0, 0.1) is 10.1 Å². The van der Waals surface area contributed by atoms with E-state index in [1.165, 1.54) is 6.20 Å². The third-order valence-corrected chi connectivity index (χ3v) is 4.62. The minimum Gasteiger partial charge on any atom is -0.443 e. The Labute approximate surface area is 161 Å². The second kappa shape index (κ2) is 7.79. The van der Waals surface area contributed by atoms with Gasteiger partial charge < -0.3 is 24.7 Å². The summed E-state index contributed by atoms with van der Waals surface area (Å²) in [5.41, 5.74) is 4.08. The van der Waals surface area contributed by atoms with Crippen LogP contribution in [0.15, 0.2) is 54.7 Å². The molecule has 1 aliphatic rings. The molecule has 0 radical (unpaired) electrons. The molecule has 8 nitrogen and oxygen atoms in total. The van der Waals surface area contributed by atoms with Crippen molar-refractivity contribution in [1.29, 1.82) is 0 Å². The summed E-state index contributed by atoms with van der Waals surface area (Å²) in [4.78, 5) is 14.1. The number of aromatic nitrogens is 2. The standard InChI is InChI=1S/C20H19N3O5/c24-11-14-1-5-16(6-2-14)17-7-3-15(4-8-17)12-27-18-9-22-10-19(23(25)26)21-20(22)28-13-18/h1-8,10,18,24H,9,11-13H2/t18-/m0/s1. The van der Waals surface area contributed by atoms with Crippen LogP contribution in [0.2, 0.25) is 0 Å². The number of aliphatic hydroxyl groups is 1. The van der Waals surface area contributed by atoms with Crippen molar-refractivity contribution in [2.45, 2.75) is 25.9 Å². The first-order valence-corrected chi connectivity index (χ1v) is 8.87. The Bertz CT molecular complexity index is 967. The molecule has 2 aromatic carbocycles. The molecule has 0 saturated carbocycles. The lowest BCUT2D eigenvalue weighted by Gasteiger charge is -2.22. The van der Waals surface area contributed by atoms with Crippen molar-refractivity contribution in [2.24, 2.45) is 0 Å². The van der Waals surface area contributed by atoms with Gasteiger partial charge in [0, 0.05) is 4.98 Å². The first-order chi connectivity index (χ1) is 13.6. The number of hydrogen-bond acceptors (Lipinski definition) is 6. The highest BCUT2D eigenvalue weighted by Gasteiger charge is 2.28. The van der Waals surface area contributed by atoms with Gasteiger partial charge in [-0.15, -0.1) is 0 Å². The maximum Gasteiger partial charge on any atom is 0.414 e. The van der Waals surface area contributed by atoms with E-state index >= 15 is 0 Å². The monoisotopic (exact) mass is 381 g/mol. The highest BCUT2D eigenvalue weighted by molar-refractivity contribution is 5.63. The van der Waals surface area contributed by atoms with E-state index in [-0.39, 0.29) is 24.5 Å². The molecule has 4 rings (SSSR count). The average Bonchev–Trinajstić information content (AvgIpc) is 3.16. The van der Waals surface area contributed by atoms with Crippen molar-refractivity contribution in [1.82, 2.24) is 9.55 Å². The van der Waals surface area contributed by atoms with Crippen LogP contribution in [-0.2, 0) is 24.5 Å². The predicted octanol–water partition coefficient (Wildman–Crippen LogP) is 2.93. The van der Waals surface area contributed by atoms with Crippen molar-refractivity contribution in [3.05, 3.63) is 76.0 Å². The molecule has 144 valence electrons. The molecule has 1 atom stereocenters. The van der Waals surface area contributed by atoms with E-state index in [0.29, 0.717) is 19.8 Å². The zero-order chi connectivity index (χ0) is 19.5. The number of rotatable bonds is 6. The molecular weight excluding hydrogens is 362 g/mol. The Morgan fingerprint density at radius 3 is 2.39 bits per heavy atom. The molecule has 2 heterocycles. The normalized spacial score (nSPS) is 15.7. The molecule has 1 aliphatic heterocycles. The summed E-state index contributed by atoms with van der Waals surface area (Å²) in [6.07, 6.45) is 1.16. The summed E-state index contributed by atoms with van der Waals surface area (Å²) in [5, 5.41) is 19.9. The third kappa shape index (κ3) is 3.88. The topological polar surface area (TPSA) is 99.7 Å². The molecule has 3 aromatic rings. The van der Waals surface area contributed by atoms with E-state index in [2.05, 4.69) is 4.98 Å². The molecule has 0 amide bonds. The quantitative estimate of drug-likeness (QED) is 0.521. The van der Waals surface area contributed by atoms with Crippen molar-refractivity contribution >= 4 is 5.82 Å². The molecular formula is C20H19N3O5. The van der Waals surface area contributed by atoms with E-state index in [4.69, 9.17) is 14.6 Å². The van der Waals surface area contributed by atoms with E-state index < -0.39 is 4.92 Å². The van der Waals surface area contributed by atoms with Crippen LogP contribution in [0.5, 0.6) is 6.01 Å². The fraction of sp³-hybridized carbons (Fsp3) is 0.250. The average molecular weight is 381 g/mol. The van der Waals surface area contributed by atoms with Crippen molar-refractivity contribution in [3.63, 3.8) is 0 Å².